The van der Waals surface area contributed by atoms with Crippen molar-refractivity contribution < 1.29 is 0 Å². The lowest BCUT2D eigenvalue weighted by atomic mass is 10.00. The fraction of sp³-hybridized carbons (Fsp3) is 1.00. The third-order valence-electron chi connectivity index (χ3n) is 2.87. The summed E-state index contributed by atoms with van der Waals surface area (Å²) in [5.74, 6) is 3.00. The van der Waals surface area contributed by atoms with Crippen molar-refractivity contribution in [2.24, 2.45) is 11.8 Å². The first kappa shape index (κ1) is 13.4. The van der Waals surface area contributed by atoms with E-state index >= 15 is 0 Å². The van der Waals surface area contributed by atoms with Gasteiger partial charge in [-0.25, -0.2) is 0 Å². The van der Waals surface area contributed by atoms with E-state index in [-0.39, 0.29) is 0 Å². The molecule has 1 aliphatic rings. The van der Waals surface area contributed by atoms with Crippen molar-refractivity contribution in [2.45, 2.75) is 58.2 Å². The summed E-state index contributed by atoms with van der Waals surface area (Å²) in [5, 5.41) is 3.73. The van der Waals surface area contributed by atoms with Crippen molar-refractivity contribution >= 4 is 11.8 Å². The molecule has 0 heterocycles. The highest BCUT2D eigenvalue weighted by molar-refractivity contribution is 8.00. The van der Waals surface area contributed by atoms with Gasteiger partial charge in [-0.05, 0) is 24.7 Å². The standard InChI is InChI=1S/C13H27NS/c1-10(2)12(11-6-7-11)14-8-9-15-13(3,4)5/h10-12,14H,6-9H2,1-5H3. The van der Waals surface area contributed by atoms with E-state index in [1.165, 1.54) is 25.1 Å². The Balaban J connectivity index is 2.12. The molecule has 1 nitrogen and oxygen atoms in total. The van der Waals surface area contributed by atoms with Gasteiger partial charge in [-0.1, -0.05) is 34.6 Å². The van der Waals surface area contributed by atoms with Crippen LogP contribution in [0.4, 0.5) is 0 Å². The molecule has 0 radical (unpaired) electrons. The number of hydrogen-bond donors (Lipinski definition) is 1. The van der Waals surface area contributed by atoms with E-state index in [1.54, 1.807) is 0 Å². The van der Waals surface area contributed by atoms with Gasteiger partial charge in [0.25, 0.3) is 0 Å². The molecule has 90 valence electrons. The van der Waals surface area contributed by atoms with Crippen LogP contribution in [0.1, 0.15) is 47.5 Å². The molecule has 1 fully saturated rings. The van der Waals surface area contributed by atoms with Gasteiger partial charge in [0, 0.05) is 23.1 Å². The Morgan fingerprint density at radius 2 is 1.87 bits per heavy atom. The third-order valence-corrected chi connectivity index (χ3v) is 4.14. The first-order valence-corrected chi connectivity index (χ1v) is 7.26. The van der Waals surface area contributed by atoms with Gasteiger partial charge in [-0.3, -0.25) is 0 Å². The van der Waals surface area contributed by atoms with Crippen LogP contribution in [0.25, 0.3) is 0 Å². The van der Waals surface area contributed by atoms with E-state index in [0.29, 0.717) is 4.75 Å². The molecule has 15 heavy (non-hydrogen) atoms. The molecule has 1 rings (SSSR count). The summed E-state index contributed by atoms with van der Waals surface area (Å²) in [6.07, 6.45) is 2.89. The van der Waals surface area contributed by atoms with Gasteiger partial charge in [-0.2, -0.15) is 11.8 Å². The number of nitrogens with one attached hydrogen (secondary N) is 1. The summed E-state index contributed by atoms with van der Waals surface area (Å²) in [6, 6.07) is 0.769. The molecule has 1 aliphatic carbocycles. The van der Waals surface area contributed by atoms with Crippen LogP contribution in [-0.4, -0.2) is 23.1 Å². The lowest BCUT2D eigenvalue weighted by Crippen LogP contribution is -2.37. The van der Waals surface area contributed by atoms with Crippen LogP contribution in [0.2, 0.25) is 0 Å². The molecular formula is C13H27NS. The fourth-order valence-corrected chi connectivity index (χ4v) is 2.82. The highest BCUT2D eigenvalue weighted by Crippen LogP contribution is 2.35. The lowest BCUT2D eigenvalue weighted by Gasteiger charge is -2.23. The Hall–Kier alpha value is 0.310. The second-order valence-electron chi connectivity index (χ2n) is 6.02. The van der Waals surface area contributed by atoms with Crippen LogP contribution < -0.4 is 5.32 Å². The molecule has 0 aromatic carbocycles. The molecule has 0 amide bonds. The molecule has 1 N–H and O–H groups in total. The second-order valence-corrected chi connectivity index (χ2v) is 7.94. The van der Waals surface area contributed by atoms with Gasteiger partial charge < -0.3 is 5.32 Å². The fourth-order valence-electron chi connectivity index (χ4n) is 1.98. The zero-order valence-corrected chi connectivity index (χ0v) is 11.8. The SMILES string of the molecule is CC(C)C(NCCSC(C)(C)C)C1CC1. The Kier molecular flexibility index (Phi) is 4.98. The van der Waals surface area contributed by atoms with Gasteiger partial charge in [0.2, 0.25) is 0 Å². The van der Waals surface area contributed by atoms with E-state index in [4.69, 9.17) is 0 Å². The van der Waals surface area contributed by atoms with Crippen LogP contribution in [0, 0.1) is 11.8 Å². The maximum Gasteiger partial charge on any atom is 0.0119 e. The zero-order chi connectivity index (χ0) is 11.5. The van der Waals surface area contributed by atoms with Crippen molar-refractivity contribution in [2.75, 3.05) is 12.3 Å². The van der Waals surface area contributed by atoms with Gasteiger partial charge in [-0.15, -0.1) is 0 Å². The largest absolute Gasteiger partial charge is 0.313 e. The molecule has 0 aromatic rings. The minimum atomic E-state index is 0.411. The summed E-state index contributed by atoms with van der Waals surface area (Å²) in [6.45, 7) is 12.7. The van der Waals surface area contributed by atoms with Crippen molar-refractivity contribution in [3.05, 3.63) is 0 Å². The van der Waals surface area contributed by atoms with Crippen molar-refractivity contribution in [1.29, 1.82) is 0 Å². The molecular weight excluding hydrogens is 202 g/mol. The average molecular weight is 229 g/mol. The van der Waals surface area contributed by atoms with E-state index in [1.807, 2.05) is 0 Å². The minimum absolute atomic E-state index is 0.411. The third kappa shape index (κ3) is 5.82. The summed E-state index contributed by atoms with van der Waals surface area (Å²) >= 11 is 2.06. The van der Waals surface area contributed by atoms with Gasteiger partial charge in [0.1, 0.15) is 0 Å². The summed E-state index contributed by atoms with van der Waals surface area (Å²) < 4.78 is 0.411. The van der Waals surface area contributed by atoms with Crippen LogP contribution in [0.5, 0.6) is 0 Å². The average Bonchev–Trinajstić information content (AvgIpc) is 2.84. The normalized spacial score (nSPS) is 19.6. The molecule has 0 spiro atoms. The Labute approximate surface area is 99.8 Å². The summed E-state index contributed by atoms with van der Waals surface area (Å²) in [5.41, 5.74) is 0. The lowest BCUT2D eigenvalue weighted by molar-refractivity contribution is 0.369. The van der Waals surface area contributed by atoms with Crippen molar-refractivity contribution in [1.82, 2.24) is 5.32 Å². The van der Waals surface area contributed by atoms with Gasteiger partial charge in [0.05, 0.1) is 0 Å². The van der Waals surface area contributed by atoms with E-state index in [9.17, 15) is 0 Å². The number of hydrogen-bond acceptors (Lipinski definition) is 2. The summed E-state index contributed by atoms with van der Waals surface area (Å²) in [7, 11) is 0. The predicted molar refractivity (Wildman–Crippen MR) is 71.6 cm³/mol. The first-order chi connectivity index (χ1) is 6.90. The highest BCUT2D eigenvalue weighted by Gasteiger charge is 2.32. The Bertz CT molecular complexity index is 177. The Morgan fingerprint density at radius 3 is 2.27 bits per heavy atom. The van der Waals surface area contributed by atoms with Crippen LogP contribution >= 0.6 is 11.8 Å². The second kappa shape index (κ2) is 5.58. The smallest absolute Gasteiger partial charge is 0.0119 e. The quantitative estimate of drug-likeness (QED) is 0.699. The van der Waals surface area contributed by atoms with Crippen molar-refractivity contribution in [3.8, 4) is 0 Å². The van der Waals surface area contributed by atoms with E-state index < -0.39 is 0 Å². The first-order valence-electron chi connectivity index (χ1n) is 6.27. The highest BCUT2D eigenvalue weighted by atomic mass is 32.2. The number of thioether (sulfide) groups is 1. The van der Waals surface area contributed by atoms with E-state index in [2.05, 4.69) is 51.7 Å². The molecule has 0 aliphatic heterocycles. The maximum atomic E-state index is 3.73. The van der Waals surface area contributed by atoms with Crippen LogP contribution in [0.15, 0.2) is 0 Å². The molecule has 0 aromatic heterocycles. The van der Waals surface area contributed by atoms with Gasteiger partial charge >= 0.3 is 0 Å². The van der Waals surface area contributed by atoms with Crippen LogP contribution in [0.3, 0.4) is 0 Å². The molecule has 1 atom stereocenters. The number of rotatable bonds is 6. The molecule has 0 bridgehead atoms. The molecule has 1 unspecified atom stereocenters. The van der Waals surface area contributed by atoms with Crippen molar-refractivity contribution in [3.63, 3.8) is 0 Å². The topological polar surface area (TPSA) is 12.0 Å². The van der Waals surface area contributed by atoms with E-state index in [0.717, 1.165) is 17.9 Å². The zero-order valence-electron chi connectivity index (χ0n) is 11.0. The predicted octanol–water partition coefficient (Wildman–Crippen LogP) is 3.54. The maximum absolute atomic E-state index is 3.73. The summed E-state index contributed by atoms with van der Waals surface area (Å²) in [4.78, 5) is 0. The molecule has 2 heteroatoms. The minimum Gasteiger partial charge on any atom is -0.313 e. The Morgan fingerprint density at radius 1 is 1.27 bits per heavy atom. The van der Waals surface area contributed by atoms with Gasteiger partial charge in [0.15, 0.2) is 0 Å². The van der Waals surface area contributed by atoms with Crippen LogP contribution in [-0.2, 0) is 0 Å². The molecule has 1 saturated carbocycles. The monoisotopic (exact) mass is 229 g/mol. The molecule has 0 saturated heterocycles.